The SMILES string of the molecule is O=C(O)N1C[C@H](CO)[C@@H](Nc2nc(-c3cc(F)ccc3O)nc3ccccc23)C1. The first-order chi connectivity index (χ1) is 14.0. The van der Waals surface area contributed by atoms with Crippen LogP contribution in [0.5, 0.6) is 5.75 Å². The zero-order valence-corrected chi connectivity index (χ0v) is 15.3. The number of hydrogen-bond acceptors (Lipinski definition) is 6. The van der Waals surface area contributed by atoms with E-state index in [2.05, 4.69) is 15.3 Å². The van der Waals surface area contributed by atoms with E-state index in [1.165, 1.54) is 11.0 Å². The van der Waals surface area contributed by atoms with E-state index in [9.17, 15) is 24.5 Å². The van der Waals surface area contributed by atoms with Gasteiger partial charge in [-0.1, -0.05) is 12.1 Å². The maximum absolute atomic E-state index is 13.7. The van der Waals surface area contributed by atoms with Gasteiger partial charge in [-0.2, -0.15) is 0 Å². The summed E-state index contributed by atoms with van der Waals surface area (Å²) in [6.07, 6.45) is -1.05. The molecule has 1 fully saturated rings. The Labute approximate surface area is 165 Å². The molecular formula is C20H19FN4O4. The van der Waals surface area contributed by atoms with Crippen molar-refractivity contribution in [1.29, 1.82) is 0 Å². The van der Waals surface area contributed by atoms with E-state index < -0.39 is 11.9 Å². The third-order valence-corrected chi connectivity index (χ3v) is 5.07. The molecule has 2 atom stereocenters. The van der Waals surface area contributed by atoms with Gasteiger partial charge in [0.2, 0.25) is 0 Å². The maximum atomic E-state index is 13.7. The Hall–Kier alpha value is -3.46. The van der Waals surface area contributed by atoms with Crippen molar-refractivity contribution in [3.63, 3.8) is 0 Å². The molecule has 1 aliphatic rings. The number of aromatic hydroxyl groups is 1. The highest BCUT2D eigenvalue weighted by molar-refractivity contribution is 5.91. The minimum atomic E-state index is -1.05. The number of fused-ring (bicyclic) bond motifs is 1. The zero-order chi connectivity index (χ0) is 20.5. The molecule has 8 nitrogen and oxygen atoms in total. The summed E-state index contributed by atoms with van der Waals surface area (Å²) in [6, 6.07) is 10.4. The number of aliphatic hydroxyl groups is 1. The van der Waals surface area contributed by atoms with E-state index in [-0.39, 0.29) is 48.8 Å². The number of rotatable bonds is 4. The predicted octanol–water partition coefficient (Wildman–Crippen LogP) is 2.52. The van der Waals surface area contributed by atoms with Crippen LogP contribution in [-0.4, -0.2) is 62.0 Å². The molecule has 3 aromatic rings. The van der Waals surface area contributed by atoms with Gasteiger partial charge in [-0.3, -0.25) is 0 Å². The molecule has 0 unspecified atom stereocenters. The first-order valence-corrected chi connectivity index (χ1v) is 9.07. The predicted molar refractivity (Wildman–Crippen MR) is 104 cm³/mol. The van der Waals surface area contributed by atoms with E-state index in [0.29, 0.717) is 16.7 Å². The van der Waals surface area contributed by atoms with E-state index in [0.717, 1.165) is 12.1 Å². The van der Waals surface area contributed by atoms with Gasteiger partial charge in [0.25, 0.3) is 0 Å². The number of phenolic OH excluding ortho intramolecular Hbond substituents is 1. The number of nitrogens with one attached hydrogen (secondary N) is 1. The van der Waals surface area contributed by atoms with E-state index >= 15 is 0 Å². The Kier molecular flexibility index (Phi) is 4.89. The molecule has 2 aromatic carbocycles. The van der Waals surface area contributed by atoms with Crippen molar-refractivity contribution < 1.29 is 24.5 Å². The molecule has 2 heterocycles. The van der Waals surface area contributed by atoms with Gasteiger partial charge in [0.1, 0.15) is 17.4 Å². The van der Waals surface area contributed by atoms with E-state index in [1.54, 1.807) is 12.1 Å². The molecule has 4 N–H and O–H groups in total. The number of halogens is 1. The lowest BCUT2D eigenvalue weighted by atomic mass is 10.0. The zero-order valence-electron chi connectivity index (χ0n) is 15.3. The Morgan fingerprint density at radius 2 is 2.00 bits per heavy atom. The molecule has 0 bridgehead atoms. The summed E-state index contributed by atoms with van der Waals surface area (Å²) in [7, 11) is 0. The van der Waals surface area contributed by atoms with Crippen LogP contribution >= 0.6 is 0 Å². The monoisotopic (exact) mass is 398 g/mol. The van der Waals surface area contributed by atoms with E-state index in [1.807, 2.05) is 12.1 Å². The Bertz CT molecular complexity index is 1080. The molecule has 4 rings (SSSR count). The van der Waals surface area contributed by atoms with Gasteiger partial charge < -0.3 is 25.5 Å². The second kappa shape index (κ2) is 7.51. The largest absolute Gasteiger partial charge is 0.507 e. The molecule has 9 heteroatoms. The number of nitrogens with zero attached hydrogens (tertiary/aromatic N) is 3. The molecule has 1 amide bonds. The Morgan fingerprint density at radius 1 is 1.21 bits per heavy atom. The highest BCUT2D eigenvalue weighted by Crippen LogP contribution is 2.32. The van der Waals surface area contributed by atoms with E-state index in [4.69, 9.17) is 0 Å². The van der Waals surface area contributed by atoms with Crippen molar-refractivity contribution in [2.75, 3.05) is 25.0 Å². The summed E-state index contributed by atoms with van der Waals surface area (Å²) in [5, 5.41) is 33.0. The van der Waals surface area contributed by atoms with Gasteiger partial charge in [0.05, 0.1) is 17.1 Å². The average Bonchev–Trinajstić information content (AvgIpc) is 3.13. The van der Waals surface area contributed by atoms with Crippen LogP contribution in [0.4, 0.5) is 15.0 Å². The number of carboxylic acid groups (broad SMARTS) is 1. The summed E-state index contributed by atoms with van der Waals surface area (Å²) in [4.78, 5) is 21.5. The molecule has 0 spiro atoms. The van der Waals surface area contributed by atoms with Gasteiger partial charge in [-0.15, -0.1) is 0 Å². The molecule has 1 aliphatic heterocycles. The van der Waals surface area contributed by atoms with Gasteiger partial charge in [-0.25, -0.2) is 19.2 Å². The lowest BCUT2D eigenvalue weighted by molar-refractivity contribution is 0.150. The number of benzene rings is 2. The van der Waals surface area contributed by atoms with Crippen molar-refractivity contribution in [2.45, 2.75) is 6.04 Å². The highest BCUT2D eigenvalue weighted by Gasteiger charge is 2.35. The van der Waals surface area contributed by atoms with Crippen LogP contribution in [-0.2, 0) is 0 Å². The topological polar surface area (TPSA) is 119 Å². The van der Waals surface area contributed by atoms with Crippen LogP contribution in [0.25, 0.3) is 22.3 Å². The first kappa shape index (κ1) is 18.9. The second-order valence-corrected chi connectivity index (χ2v) is 6.96. The summed E-state index contributed by atoms with van der Waals surface area (Å²) in [5.74, 6) is -0.427. The Balaban J connectivity index is 1.77. The third-order valence-electron chi connectivity index (χ3n) is 5.07. The fraction of sp³-hybridized carbons (Fsp3) is 0.250. The van der Waals surface area contributed by atoms with Crippen LogP contribution in [0.15, 0.2) is 42.5 Å². The van der Waals surface area contributed by atoms with Gasteiger partial charge in [0, 0.05) is 31.0 Å². The lowest BCUT2D eigenvalue weighted by Crippen LogP contribution is -2.32. The Morgan fingerprint density at radius 3 is 2.76 bits per heavy atom. The van der Waals surface area contributed by atoms with Crippen molar-refractivity contribution >= 4 is 22.8 Å². The molecule has 150 valence electrons. The molecular weight excluding hydrogens is 379 g/mol. The number of likely N-dealkylation sites (tertiary alicyclic amines) is 1. The molecule has 29 heavy (non-hydrogen) atoms. The quantitative estimate of drug-likeness (QED) is 0.533. The number of hydrogen-bond donors (Lipinski definition) is 4. The number of carbonyl (C=O) groups is 1. The second-order valence-electron chi connectivity index (χ2n) is 6.96. The molecule has 1 saturated heterocycles. The fourth-order valence-electron chi connectivity index (χ4n) is 3.55. The normalized spacial score (nSPS) is 18.9. The van der Waals surface area contributed by atoms with Gasteiger partial charge in [-0.05, 0) is 30.3 Å². The number of phenols is 1. The first-order valence-electron chi connectivity index (χ1n) is 9.07. The van der Waals surface area contributed by atoms with Crippen LogP contribution in [0, 0.1) is 11.7 Å². The summed E-state index contributed by atoms with van der Waals surface area (Å²) >= 11 is 0. The summed E-state index contributed by atoms with van der Waals surface area (Å²) in [6.45, 7) is 0.228. The van der Waals surface area contributed by atoms with Gasteiger partial charge >= 0.3 is 6.09 Å². The number of amides is 1. The molecule has 1 aromatic heterocycles. The van der Waals surface area contributed by atoms with Gasteiger partial charge in [0.15, 0.2) is 5.82 Å². The van der Waals surface area contributed by atoms with Crippen LogP contribution in [0.3, 0.4) is 0 Å². The molecule has 0 aliphatic carbocycles. The van der Waals surface area contributed by atoms with Crippen molar-refractivity contribution in [2.24, 2.45) is 5.92 Å². The summed E-state index contributed by atoms with van der Waals surface area (Å²) in [5.41, 5.74) is 0.730. The minimum Gasteiger partial charge on any atom is -0.507 e. The number of aliphatic hydroxyl groups excluding tert-OH is 1. The highest BCUT2D eigenvalue weighted by atomic mass is 19.1. The number of para-hydroxylation sites is 1. The van der Waals surface area contributed by atoms with Crippen molar-refractivity contribution in [3.05, 3.63) is 48.3 Å². The number of aromatic nitrogens is 2. The summed E-state index contributed by atoms with van der Waals surface area (Å²) < 4.78 is 13.7. The molecule has 0 radical (unpaired) electrons. The van der Waals surface area contributed by atoms with Crippen LogP contribution < -0.4 is 5.32 Å². The number of anilines is 1. The smallest absolute Gasteiger partial charge is 0.407 e. The van der Waals surface area contributed by atoms with Crippen LogP contribution in [0.2, 0.25) is 0 Å². The van der Waals surface area contributed by atoms with Crippen molar-refractivity contribution in [1.82, 2.24) is 14.9 Å². The minimum absolute atomic E-state index is 0.136. The van der Waals surface area contributed by atoms with Crippen LogP contribution in [0.1, 0.15) is 0 Å². The maximum Gasteiger partial charge on any atom is 0.407 e. The average molecular weight is 398 g/mol. The lowest BCUT2D eigenvalue weighted by Gasteiger charge is -2.20. The van der Waals surface area contributed by atoms with Crippen molar-refractivity contribution in [3.8, 4) is 17.1 Å². The standard InChI is InChI=1S/C20H19FN4O4/c21-12-5-6-17(27)14(7-12)19-22-15-4-2-1-3-13(15)18(24-19)23-16-9-25(20(28)29)8-11(16)10-26/h1-7,11,16,26-27H,8-10H2,(H,28,29)(H,22,23,24)/t11-,16+/m1/s1. The fourth-order valence-corrected chi connectivity index (χ4v) is 3.55. The third kappa shape index (κ3) is 3.64. The molecule has 0 saturated carbocycles.